The molecule has 0 unspecified atom stereocenters. The molecule has 0 spiro atoms. The largest absolute Gasteiger partial charge is 0.465 e. The van der Waals surface area contributed by atoms with Crippen LogP contribution in [0.4, 0.5) is 0 Å². The van der Waals surface area contributed by atoms with Gasteiger partial charge in [-0.1, -0.05) is 54.2 Å². The van der Waals surface area contributed by atoms with Gasteiger partial charge in [0.1, 0.15) is 5.82 Å². The maximum Gasteiger partial charge on any atom is 0.337 e. The first-order valence-corrected chi connectivity index (χ1v) is 10.1. The Morgan fingerprint density at radius 1 is 1.03 bits per heavy atom. The van der Waals surface area contributed by atoms with Crippen LogP contribution in [0.15, 0.2) is 59.8 Å². The number of aryl methyl sites for hydroxylation is 1. The Kier molecular flexibility index (Phi) is 7.02. The molecular formula is C21H22N4O3S. The lowest BCUT2D eigenvalue weighted by Crippen LogP contribution is -2.24. The number of ether oxygens (including phenoxy) is 1. The first kappa shape index (κ1) is 20.6. The highest BCUT2D eigenvalue weighted by atomic mass is 32.2. The van der Waals surface area contributed by atoms with Crippen molar-refractivity contribution in [3.05, 3.63) is 77.1 Å². The summed E-state index contributed by atoms with van der Waals surface area (Å²) in [7, 11) is 1.34. The number of rotatable bonds is 8. The van der Waals surface area contributed by atoms with Crippen LogP contribution in [0.5, 0.6) is 0 Å². The van der Waals surface area contributed by atoms with Gasteiger partial charge < -0.3 is 14.6 Å². The zero-order valence-corrected chi connectivity index (χ0v) is 17.1. The van der Waals surface area contributed by atoms with Gasteiger partial charge in [-0.3, -0.25) is 4.79 Å². The summed E-state index contributed by atoms with van der Waals surface area (Å²) < 4.78 is 6.67. The molecule has 1 heterocycles. The maximum absolute atomic E-state index is 12.2. The van der Waals surface area contributed by atoms with E-state index in [4.69, 9.17) is 0 Å². The molecule has 1 N–H and O–H groups in total. The minimum atomic E-state index is -0.383. The van der Waals surface area contributed by atoms with Gasteiger partial charge in [0.05, 0.1) is 25.0 Å². The van der Waals surface area contributed by atoms with Crippen molar-refractivity contribution in [3.8, 4) is 0 Å². The minimum absolute atomic E-state index is 0.0982. The Balaban J connectivity index is 1.51. The lowest BCUT2D eigenvalue weighted by molar-refractivity contribution is -0.118. The number of carbonyl (C=O) groups excluding carboxylic acids is 2. The summed E-state index contributed by atoms with van der Waals surface area (Å²) in [6.07, 6.45) is 0. The van der Waals surface area contributed by atoms with Crippen molar-refractivity contribution in [2.75, 3.05) is 12.9 Å². The quantitative estimate of drug-likeness (QED) is 0.454. The first-order chi connectivity index (χ1) is 14.1. The number of thioether (sulfide) groups is 1. The molecule has 0 aliphatic carbocycles. The average molecular weight is 410 g/mol. The number of esters is 1. The van der Waals surface area contributed by atoms with Gasteiger partial charge in [0.15, 0.2) is 5.16 Å². The second-order valence-electron chi connectivity index (χ2n) is 6.36. The number of methoxy groups -OCH3 is 1. The minimum Gasteiger partial charge on any atom is -0.465 e. The third kappa shape index (κ3) is 5.68. The molecule has 1 amide bonds. The zero-order valence-electron chi connectivity index (χ0n) is 16.3. The molecule has 0 aliphatic heterocycles. The number of aromatic nitrogens is 3. The van der Waals surface area contributed by atoms with Crippen molar-refractivity contribution in [2.24, 2.45) is 0 Å². The first-order valence-electron chi connectivity index (χ1n) is 9.07. The number of amides is 1. The molecule has 0 saturated heterocycles. The molecule has 0 atom stereocenters. The van der Waals surface area contributed by atoms with E-state index in [1.165, 1.54) is 18.9 Å². The Bertz CT molecular complexity index is 971. The number of hydrogen-bond acceptors (Lipinski definition) is 6. The molecule has 0 fully saturated rings. The van der Waals surface area contributed by atoms with Gasteiger partial charge in [0.25, 0.3) is 0 Å². The molecule has 0 bridgehead atoms. The third-order valence-corrected chi connectivity index (χ3v) is 5.25. The van der Waals surface area contributed by atoms with Crippen molar-refractivity contribution < 1.29 is 14.3 Å². The molecule has 2 aromatic carbocycles. The molecule has 1 aromatic heterocycles. The fourth-order valence-electron chi connectivity index (χ4n) is 2.67. The standard InChI is InChI=1S/C21H22N4O3S/c1-15-23-24-21(25(15)13-17-6-4-3-5-7-17)29-14-19(26)22-12-16-8-10-18(11-9-16)20(27)28-2/h3-11H,12-14H2,1-2H3,(H,22,26). The predicted octanol–water partition coefficient (Wildman–Crippen LogP) is 2.83. The van der Waals surface area contributed by atoms with Crippen molar-refractivity contribution in [1.82, 2.24) is 20.1 Å². The van der Waals surface area contributed by atoms with Crippen LogP contribution < -0.4 is 5.32 Å². The Morgan fingerprint density at radius 3 is 2.45 bits per heavy atom. The molecule has 3 aromatic rings. The van der Waals surface area contributed by atoms with Crippen molar-refractivity contribution >= 4 is 23.6 Å². The van der Waals surface area contributed by atoms with E-state index >= 15 is 0 Å². The van der Waals surface area contributed by atoms with Gasteiger partial charge in [-0.25, -0.2) is 4.79 Å². The highest BCUT2D eigenvalue weighted by Crippen LogP contribution is 2.18. The molecule has 0 aliphatic rings. The molecule has 0 radical (unpaired) electrons. The molecule has 0 saturated carbocycles. The van der Waals surface area contributed by atoms with E-state index in [1.807, 2.05) is 41.8 Å². The highest BCUT2D eigenvalue weighted by molar-refractivity contribution is 7.99. The Morgan fingerprint density at radius 2 is 1.76 bits per heavy atom. The molecule has 8 heteroatoms. The topological polar surface area (TPSA) is 86.1 Å². The van der Waals surface area contributed by atoms with E-state index in [2.05, 4.69) is 20.3 Å². The van der Waals surface area contributed by atoms with Crippen LogP contribution in [0.1, 0.15) is 27.3 Å². The summed E-state index contributed by atoms with van der Waals surface area (Å²) >= 11 is 1.36. The average Bonchev–Trinajstić information content (AvgIpc) is 3.10. The van der Waals surface area contributed by atoms with Crippen LogP contribution in [0.2, 0.25) is 0 Å². The van der Waals surface area contributed by atoms with Gasteiger partial charge >= 0.3 is 5.97 Å². The van der Waals surface area contributed by atoms with Crippen LogP contribution in [0.3, 0.4) is 0 Å². The van der Waals surface area contributed by atoms with Crippen LogP contribution >= 0.6 is 11.8 Å². The van der Waals surface area contributed by atoms with Gasteiger partial charge in [-0.15, -0.1) is 10.2 Å². The van der Waals surface area contributed by atoms with E-state index in [0.717, 1.165) is 17.0 Å². The van der Waals surface area contributed by atoms with E-state index in [1.54, 1.807) is 24.3 Å². The number of carbonyl (C=O) groups is 2. The third-order valence-electron chi connectivity index (χ3n) is 4.28. The van der Waals surface area contributed by atoms with Gasteiger partial charge in [0, 0.05) is 6.54 Å². The summed E-state index contributed by atoms with van der Waals surface area (Å²) in [5, 5.41) is 11.9. The van der Waals surface area contributed by atoms with E-state index in [-0.39, 0.29) is 17.6 Å². The smallest absolute Gasteiger partial charge is 0.337 e. The second-order valence-corrected chi connectivity index (χ2v) is 7.30. The lowest BCUT2D eigenvalue weighted by atomic mass is 10.1. The van der Waals surface area contributed by atoms with Gasteiger partial charge in [-0.05, 0) is 30.2 Å². The Hall–Kier alpha value is -3.13. The fraction of sp³-hybridized carbons (Fsp3) is 0.238. The van der Waals surface area contributed by atoms with Gasteiger partial charge in [0.2, 0.25) is 5.91 Å². The van der Waals surface area contributed by atoms with E-state index in [9.17, 15) is 9.59 Å². The van der Waals surface area contributed by atoms with Crippen LogP contribution in [0, 0.1) is 6.92 Å². The molecule has 150 valence electrons. The summed E-state index contributed by atoms with van der Waals surface area (Å²) in [6, 6.07) is 17.0. The normalized spacial score (nSPS) is 10.6. The molecule has 3 rings (SSSR count). The highest BCUT2D eigenvalue weighted by Gasteiger charge is 2.12. The summed E-state index contributed by atoms with van der Waals surface area (Å²) in [6.45, 7) is 2.95. The van der Waals surface area contributed by atoms with E-state index in [0.29, 0.717) is 23.8 Å². The molecular weight excluding hydrogens is 388 g/mol. The van der Waals surface area contributed by atoms with Crippen LogP contribution in [0.25, 0.3) is 0 Å². The number of nitrogens with one attached hydrogen (secondary N) is 1. The lowest BCUT2D eigenvalue weighted by Gasteiger charge is -2.09. The fourth-order valence-corrected chi connectivity index (χ4v) is 3.49. The monoisotopic (exact) mass is 410 g/mol. The molecule has 29 heavy (non-hydrogen) atoms. The van der Waals surface area contributed by atoms with Crippen LogP contribution in [-0.2, 0) is 22.6 Å². The number of hydrogen-bond donors (Lipinski definition) is 1. The van der Waals surface area contributed by atoms with Crippen LogP contribution in [-0.4, -0.2) is 39.5 Å². The van der Waals surface area contributed by atoms with Crippen molar-refractivity contribution in [3.63, 3.8) is 0 Å². The second kappa shape index (κ2) is 9.88. The van der Waals surface area contributed by atoms with Crippen molar-refractivity contribution in [2.45, 2.75) is 25.2 Å². The zero-order chi connectivity index (χ0) is 20.6. The predicted molar refractivity (Wildman–Crippen MR) is 111 cm³/mol. The number of benzene rings is 2. The maximum atomic E-state index is 12.2. The summed E-state index contributed by atoms with van der Waals surface area (Å²) in [5.74, 6) is 0.570. The summed E-state index contributed by atoms with van der Waals surface area (Å²) in [4.78, 5) is 23.7. The van der Waals surface area contributed by atoms with E-state index < -0.39 is 0 Å². The number of nitrogens with zero attached hydrogens (tertiary/aromatic N) is 3. The summed E-state index contributed by atoms with van der Waals surface area (Å²) in [5.41, 5.74) is 2.53. The Labute approximate surface area is 173 Å². The molecule has 7 nitrogen and oxygen atoms in total. The van der Waals surface area contributed by atoms with Crippen molar-refractivity contribution in [1.29, 1.82) is 0 Å². The SMILES string of the molecule is COC(=O)c1ccc(CNC(=O)CSc2nnc(C)n2Cc2ccccc2)cc1. The van der Waals surface area contributed by atoms with Gasteiger partial charge in [-0.2, -0.15) is 0 Å².